The van der Waals surface area contributed by atoms with E-state index in [0.29, 0.717) is 6.54 Å². The Kier molecular flexibility index (Phi) is 4.94. The van der Waals surface area contributed by atoms with E-state index < -0.39 is 10.0 Å². The van der Waals surface area contributed by atoms with Gasteiger partial charge in [-0.2, -0.15) is 0 Å². The number of sulfonamides is 1. The molecular formula is C11H22N2O3S. The molecule has 0 aliphatic carbocycles. The molecule has 1 aliphatic rings. The van der Waals surface area contributed by atoms with Crippen LogP contribution < -0.4 is 4.72 Å². The number of nitrogens with one attached hydrogen (secondary N) is 1. The third-order valence-corrected chi connectivity index (χ3v) is 3.91. The summed E-state index contributed by atoms with van der Waals surface area (Å²) >= 11 is 0. The van der Waals surface area contributed by atoms with E-state index in [0.717, 1.165) is 32.1 Å². The predicted molar refractivity (Wildman–Crippen MR) is 67.0 cm³/mol. The second kappa shape index (κ2) is 5.82. The molecule has 5 nitrogen and oxygen atoms in total. The van der Waals surface area contributed by atoms with E-state index in [1.165, 1.54) is 0 Å². The minimum absolute atomic E-state index is 0.0204. The molecule has 2 atom stereocenters. The maximum Gasteiger partial charge on any atom is 0.225 e. The molecule has 1 amide bonds. The molecule has 0 aromatic rings. The molecule has 0 aromatic carbocycles. The lowest BCUT2D eigenvalue weighted by Crippen LogP contribution is -2.50. The van der Waals surface area contributed by atoms with Crippen molar-refractivity contribution in [2.45, 2.75) is 39.2 Å². The molecule has 0 unspecified atom stereocenters. The smallest absolute Gasteiger partial charge is 0.225 e. The van der Waals surface area contributed by atoms with Gasteiger partial charge in [0.25, 0.3) is 0 Å². The molecule has 0 radical (unpaired) electrons. The number of hydrogen-bond acceptors (Lipinski definition) is 3. The molecule has 1 rings (SSSR count). The lowest BCUT2D eigenvalue weighted by atomic mass is 10.0. The minimum atomic E-state index is -3.19. The second-order valence-corrected chi connectivity index (χ2v) is 6.60. The van der Waals surface area contributed by atoms with Gasteiger partial charge in [0.2, 0.25) is 15.9 Å². The number of carbonyl (C=O) groups is 1. The zero-order valence-electron chi connectivity index (χ0n) is 10.8. The van der Waals surface area contributed by atoms with Gasteiger partial charge in [0.05, 0.1) is 6.26 Å². The fourth-order valence-electron chi connectivity index (χ4n) is 2.06. The monoisotopic (exact) mass is 262 g/mol. The van der Waals surface area contributed by atoms with Crippen LogP contribution in [0.25, 0.3) is 0 Å². The summed E-state index contributed by atoms with van der Waals surface area (Å²) in [6, 6.07) is -0.133. The van der Waals surface area contributed by atoms with Gasteiger partial charge in [-0.15, -0.1) is 0 Å². The van der Waals surface area contributed by atoms with Crippen LogP contribution in [0.2, 0.25) is 0 Å². The summed E-state index contributed by atoms with van der Waals surface area (Å²) in [5, 5.41) is 0. The molecule has 100 valence electrons. The SMILES string of the molecule is CC[C@H](C)C(=O)N1CCC[C@H](NS(C)(=O)=O)C1. The number of hydrogen-bond donors (Lipinski definition) is 1. The Balaban J connectivity index is 2.57. The summed E-state index contributed by atoms with van der Waals surface area (Å²) in [5.74, 6) is 0.152. The Morgan fingerprint density at radius 1 is 1.53 bits per heavy atom. The number of rotatable bonds is 4. The first-order valence-electron chi connectivity index (χ1n) is 6.09. The van der Waals surface area contributed by atoms with Crippen molar-refractivity contribution in [3.8, 4) is 0 Å². The van der Waals surface area contributed by atoms with Crippen molar-refractivity contribution in [3.05, 3.63) is 0 Å². The van der Waals surface area contributed by atoms with E-state index in [9.17, 15) is 13.2 Å². The average Bonchev–Trinajstić information content (AvgIpc) is 2.25. The average molecular weight is 262 g/mol. The molecule has 6 heteroatoms. The molecule has 17 heavy (non-hydrogen) atoms. The van der Waals surface area contributed by atoms with Crippen LogP contribution in [0.4, 0.5) is 0 Å². The van der Waals surface area contributed by atoms with Gasteiger partial charge in [-0.25, -0.2) is 13.1 Å². The van der Waals surface area contributed by atoms with E-state index in [1.54, 1.807) is 4.90 Å². The maximum atomic E-state index is 12.0. The highest BCUT2D eigenvalue weighted by Gasteiger charge is 2.27. The number of nitrogens with zero attached hydrogens (tertiary/aromatic N) is 1. The largest absolute Gasteiger partial charge is 0.341 e. The molecule has 1 fully saturated rings. The Hall–Kier alpha value is -0.620. The Labute approximate surface area is 104 Å². The summed E-state index contributed by atoms with van der Waals surface area (Å²) in [5.41, 5.74) is 0. The highest BCUT2D eigenvalue weighted by molar-refractivity contribution is 7.88. The lowest BCUT2D eigenvalue weighted by molar-refractivity contribution is -0.136. The molecular weight excluding hydrogens is 240 g/mol. The van der Waals surface area contributed by atoms with Crippen molar-refractivity contribution in [3.63, 3.8) is 0 Å². The zero-order chi connectivity index (χ0) is 13.1. The number of carbonyl (C=O) groups excluding carboxylic acids is 1. The number of likely N-dealkylation sites (tertiary alicyclic amines) is 1. The van der Waals surface area contributed by atoms with Crippen LogP contribution in [-0.4, -0.2) is 44.6 Å². The van der Waals surface area contributed by atoms with Crippen LogP contribution >= 0.6 is 0 Å². The molecule has 1 aliphatic heterocycles. The van der Waals surface area contributed by atoms with Crippen molar-refractivity contribution in [2.75, 3.05) is 19.3 Å². The standard InChI is InChI=1S/C11H22N2O3S/c1-4-9(2)11(14)13-7-5-6-10(8-13)12-17(3,15)16/h9-10,12H,4-8H2,1-3H3/t9-,10-/m0/s1. The third-order valence-electron chi connectivity index (χ3n) is 3.15. The summed E-state index contributed by atoms with van der Waals surface area (Å²) in [6.45, 7) is 5.13. The summed E-state index contributed by atoms with van der Waals surface area (Å²) in [7, 11) is -3.19. The van der Waals surface area contributed by atoms with E-state index >= 15 is 0 Å². The van der Waals surface area contributed by atoms with Crippen molar-refractivity contribution in [1.29, 1.82) is 0 Å². The van der Waals surface area contributed by atoms with Gasteiger partial charge in [-0.3, -0.25) is 4.79 Å². The van der Waals surface area contributed by atoms with Crippen LogP contribution in [0.15, 0.2) is 0 Å². The van der Waals surface area contributed by atoms with Crippen LogP contribution in [0, 0.1) is 5.92 Å². The van der Waals surface area contributed by atoms with Gasteiger partial charge in [0.15, 0.2) is 0 Å². The fourth-order valence-corrected chi connectivity index (χ4v) is 2.86. The molecule has 0 spiro atoms. The van der Waals surface area contributed by atoms with Crippen LogP contribution in [0.1, 0.15) is 33.1 Å². The molecule has 1 N–H and O–H groups in total. The van der Waals surface area contributed by atoms with Gasteiger partial charge in [0, 0.05) is 25.0 Å². The third kappa shape index (κ3) is 4.63. The molecule has 0 bridgehead atoms. The highest BCUT2D eigenvalue weighted by atomic mass is 32.2. The topological polar surface area (TPSA) is 66.5 Å². The first kappa shape index (κ1) is 14.4. The van der Waals surface area contributed by atoms with Crippen molar-refractivity contribution in [2.24, 2.45) is 5.92 Å². The predicted octanol–water partition coefficient (Wildman–Crippen LogP) is 0.573. The van der Waals surface area contributed by atoms with Crippen LogP contribution in [0.3, 0.4) is 0 Å². The van der Waals surface area contributed by atoms with Gasteiger partial charge in [0.1, 0.15) is 0 Å². The van der Waals surface area contributed by atoms with E-state index in [1.807, 2.05) is 13.8 Å². The fraction of sp³-hybridized carbons (Fsp3) is 0.909. The highest BCUT2D eigenvalue weighted by Crippen LogP contribution is 2.15. The van der Waals surface area contributed by atoms with E-state index in [-0.39, 0.29) is 17.9 Å². The Bertz CT molecular complexity index is 367. The summed E-state index contributed by atoms with van der Waals surface area (Å²) < 4.78 is 24.9. The van der Waals surface area contributed by atoms with Crippen molar-refractivity contribution in [1.82, 2.24) is 9.62 Å². The van der Waals surface area contributed by atoms with Gasteiger partial charge < -0.3 is 4.90 Å². The summed E-state index contributed by atoms with van der Waals surface area (Å²) in [4.78, 5) is 13.8. The van der Waals surface area contributed by atoms with Crippen LogP contribution in [-0.2, 0) is 14.8 Å². The first-order chi connectivity index (χ1) is 7.83. The quantitative estimate of drug-likeness (QED) is 0.805. The second-order valence-electron chi connectivity index (χ2n) is 4.82. The molecule has 1 saturated heterocycles. The Morgan fingerprint density at radius 3 is 2.71 bits per heavy atom. The maximum absolute atomic E-state index is 12.0. The van der Waals surface area contributed by atoms with Crippen molar-refractivity contribution >= 4 is 15.9 Å². The molecule has 0 saturated carbocycles. The Morgan fingerprint density at radius 2 is 2.18 bits per heavy atom. The van der Waals surface area contributed by atoms with Gasteiger partial charge in [-0.1, -0.05) is 13.8 Å². The van der Waals surface area contributed by atoms with Crippen molar-refractivity contribution < 1.29 is 13.2 Å². The van der Waals surface area contributed by atoms with E-state index in [2.05, 4.69) is 4.72 Å². The number of amides is 1. The van der Waals surface area contributed by atoms with Crippen LogP contribution in [0.5, 0.6) is 0 Å². The van der Waals surface area contributed by atoms with Gasteiger partial charge >= 0.3 is 0 Å². The van der Waals surface area contributed by atoms with Gasteiger partial charge in [-0.05, 0) is 19.3 Å². The number of piperidine rings is 1. The zero-order valence-corrected chi connectivity index (χ0v) is 11.6. The summed E-state index contributed by atoms with van der Waals surface area (Å²) in [6.07, 6.45) is 3.63. The first-order valence-corrected chi connectivity index (χ1v) is 7.98. The minimum Gasteiger partial charge on any atom is -0.341 e. The lowest BCUT2D eigenvalue weighted by Gasteiger charge is -2.34. The molecule has 0 aromatic heterocycles. The van der Waals surface area contributed by atoms with E-state index in [4.69, 9.17) is 0 Å². The molecule has 1 heterocycles. The normalized spacial score (nSPS) is 23.5.